The van der Waals surface area contributed by atoms with Crippen LogP contribution in [0.3, 0.4) is 0 Å². The predicted molar refractivity (Wildman–Crippen MR) is 82.6 cm³/mol. The van der Waals surface area contributed by atoms with Gasteiger partial charge in [0.05, 0.1) is 0 Å². The Morgan fingerprint density at radius 2 is 1.90 bits per heavy atom. The van der Waals surface area contributed by atoms with E-state index in [2.05, 4.69) is 22.3 Å². The maximum atomic E-state index is 13.7. The summed E-state index contributed by atoms with van der Waals surface area (Å²) in [6, 6.07) is 12.8. The molecule has 1 N–H and O–H groups in total. The highest BCUT2D eigenvalue weighted by Crippen LogP contribution is 2.21. The van der Waals surface area contributed by atoms with Crippen LogP contribution in [0, 0.1) is 5.82 Å². The van der Waals surface area contributed by atoms with Crippen molar-refractivity contribution in [3.05, 3.63) is 64.4 Å². The zero-order valence-corrected chi connectivity index (χ0v) is 12.4. The topological polar surface area (TPSA) is 15.3 Å². The summed E-state index contributed by atoms with van der Waals surface area (Å²) in [5, 5.41) is 3.66. The van der Waals surface area contributed by atoms with Gasteiger partial charge >= 0.3 is 0 Å². The number of halogens is 2. The van der Waals surface area contributed by atoms with Crippen molar-refractivity contribution in [1.29, 1.82) is 0 Å². The number of anilines is 1. The Morgan fingerprint density at radius 3 is 2.60 bits per heavy atom. The first-order valence-corrected chi connectivity index (χ1v) is 6.84. The van der Waals surface area contributed by atoms with E-state index in [1.807, 2.05) is 26.2 Å². The molecule has 0 fully saturated rings. The van der Waals surface area contributed by atoms with Crippen LogP contribution in [0.4, 0.5) is 10.1 Å². The molecule has 0 aromatic heterocycles. The molecule has 106 valence electrons. The molecule has 0 unspecified atom stereocenters. The molecule has 0 amide bonds. The van der Waals surface area contributed by atoms with Crippen molar-refractivity contribution < 1.29 is 4.39 Å². The number of nitrogens with one attached hydrogen (secondary N) is 1. The van der Waals surface area contributed by atoms with Gasteiger partial charge < -0.3 is 10.2 Å². The van der Waals surface area contributed by atoms with Crippen LogP contribution in [-0.2, 0) is 13.1 Å². The van der Waals surface area contributed by atoms with E-state index in [-0.39, 0.29) is 5.82 Å². The van der Waals surface area contributed by atoms with E-state index < -0.39 is 0 Å². The maximum absolute atomic E-state index is 13.7. The van der Waals surface area contributed by atoms with Crippen LogP contribution >= 0.6 is 11.6 Å². The summed E-state index contributed by atoms with van der Waals surface area (Å²) in [5.41, 5.74) is 2.66. The quantitative estimate of drug-likeness (QED) is 0.890. The summed E-state index contributed by atoms with van der Waals surface area (Å²) in [6.07, 6.45) is 0. The molecule has 0 aliphatic rings. The monoisotopic (exact) mass is 292 g/mol. The van der Waals surface area contributed by atoms with Gasteiger partial charge in [-0.1, -0.05) is 29.8 Å². The highest BCUT2D eigenvalue weighted by Gasteiger charge is 2.06. The van der Waals surface area contributed by atoms with Gasteiger partial charge in [-0.05, 0) is 43.9 Å². The maximum Gasteiger partial charge on any atom is 0.129 e. The van der Waals surface area contributed by atoms with Gasteiger partial charge in [-0.3, -0.25) is 0 Å². The smallest absolute Gasteiger partial charge is 0.129 e. The predicted octanol–water partition coefficient (Wildman–Crippen LogP) is 4.15. The molecule has 0 heterocycles. The van der Waals surface area contributed by atoms with Crippen molar-refractivity contribution in [3.8, 4) is 0 Å². The number of benzene rings is 2. The van der Waals surface area contributed by atoms with Crippen LogP contribution in [-0.4, -0.2) is 19.0 Å². The molecule has 4 heteroatoms. The van der Waals surface area contributed by atoms with Crippen LogP contribution in [0.25, 0.3) is 0 Å². The molecule has 2 nitrogen and oxygen atoms in total. The van der Waals surface area contributed by atoms with Gasteiger partial charge in [0.15, 0.2) is 0 Å². The highest BCUT2D eigenvalue weighted by molar-refractivity contribution is 6.31. The van der Waals surface area contributed by atoms with Crippen LogP contribution in [0.1, 0.15) is 11.1 Å². The van der Waals surface area contributed by atoms with Crippen LogP contribution in [0.2, 0.25) is 5.02 Å². The van der Waals surface area contributed by atoms with Crippen LogP contribution in [0.5, 0.6) is 0 Å². The fourth-order valence-corrected chi connectivity index (χ4v) is 2.27. The first-order valence-electron chi connectivity index (χ1n) is 6.46. The molecule has 0 atom stereocenters. The summed E-state index contributed by atoms with van der Waals surface area (Å²) in [6.45, 7) is 1.24. The number of nitrogens with zero attached hydrogens (tertiary/aromatic N) is 1. The molecule has 2 rings (SSSR count). The van der Waals surface area contributed by atoms with E-state index in [1.165, 1.54) is 11.6 Å². The zero-order chi connectivity index (χ0) is 14.5. The van der Waals surface area contributed by atoms with Gasteiger partial charge in [0.1, 0.15) is 5.82 Å². The molecule has 2 aromatic rings. The lowest BCUT2D eigenvalue weighted by atomic mass is 10.1. The van der Waals surface area contributed by atoms with Crippen molar-refractivity contribution in [1.82, 2.24) is 4.90 Å². The second kappa shape index (κ2) is 6.73. The molecule has 20 heavy (non-hydrogen) atoms. The Kier molecular flexibility index (Phi) is 4.99. The van der Waals surface area contributed by atoms with E-state index in [9.17, 15) is 4.39 Å². The van der Waals surface area contributed by atoms with Crippen molar-refractivity contribution in [2.75, 3.05) is 19.4 Å². The van der Waals surface area contributed by atoms with Gasteiger partial charge in [-0.15, -0.1) is 0 Å². The average Bonchev–Trinajstić information content (AvgIpc) is 2.38. The van der Waals surface area contributed by atoms with Gasteiger partial charge in [0.25, 0.3) is 0 Å². The summed E-state index contributed by atoms with van der Waals surface area (Å²) < 4.78 is 13.7. The van der Waals surface area contributed by atoms with Crippen molar-refractivity contribution >= 4 is 17.3 Å². The molecule has 0 aliphatic carbocycles. The van der Waals surface area contributed by atoms with E-state index >= 15 is 0 Å². The molecular weight excluding hydrogens is 275 g/mol. The summed E-state index contributed by atoms with van der Waals surface area (Å²) in [7, 11) is 4.05. The lowest BCUT2D eigenvalue weighted by Gasteiger charge is -2.13. The Balaban J connectivity index is 2.07. The molecule has 0 saturated carbocycles. The van der Waals surface area contributed by atoms with E-state index in [0.29, 0.717) is 17.1 Å². The fourth-order valence-electron chi connectivity index (χ4n) is 2.04. The van der Waals surface area contributed by atoms with Crippen LogP contribution in [0.15, 0.2) is 42.5 Å². The average molecular weight is 293 g/mol. The molecule has 0 bridgehead atoms. The largest absolute Gasteiger partial charge is 0.381 e. The zero-order valence-electron chi connectivity index (χ0n) is 11.7. The fraction of sp³-hybridized carbons (Fsp3) is 0.250. The van der Waals surface area contributed by atoms with Gasteiger partial charge in [-0.25, -0.2) is 4.39 Å². The second-order valence-electron chi connectivity index (χ2n) is 4.99. The van der Waals surface area contributed by atoms with Crippen molar-refractivity contribution in [2.45, 2.75) is 13.1 Å². The van der Waals surface area contributed by atoms with Gasteiger partial charge in [0, 0.05) is 29.4 Å². The first-order chi connectivity index (χ1) is 9.56. The molecule has 0 saturated heterocycles. The Hall–Kier alpha value is -1.58. The summed E-state index contributed by atoms with van der Waals surface area (Å²) >= 11 is 6.01. The SMILES string of the molecule is CN(C)Cc1cccc(NCc2c(F)cccc2Cl)c1. The Bertz CT molecular complexity index is 564. The minimum Gasteiger partial charge on any atom is -0.381 e. The van der Waals surface area contributed by atoms with Gasteiger partial charge in [-0.2, -0.15) is 0 Å². The van der Waals surface area contributed by atoms with Crippen LogP contribution < -0.4 is 5.32 Å². The molecule has 2 aromatic carbocycles. The van der Waals surface area contributed by atoms with Gasteiger partial charge in [0.2, 0.25) is 0 Å². The molecule has 0 radical (unpaired) electrons. The Morgan fingerprint density at radius 1 is 1.15 bits per heavy atom. The second-order valence-corrected chi connectivity index (χ2v) is 5.40. The van der Waals surface area contributed by atoms with E-state index in [4.69, 9.17) is 11.6 Å². The minimum absolute atomic E-state index is 0.283. The third-order valence-corrected chi connectivity index (χ3v) is 3.31. The number of rotatable bonds is 5. The van der Waals surface area contributed by atoms with Crippen molar-refractivity contribution in [3.63, 3.8) is 0 Å². The standard InChI is InChI=1S/C16H18ClFN2/c1-20(2)11-12-5-3-6-13(9-12)19-10-14-15(17)7-4-8-16(14)18/h3-9,19H,10-11H2,1-2H3. The van der Waals surface area contributed by atoms with Crippen molar-refractivity contribution in [2.24, 2.45) is 0 Å². The molecule has 0 aliphatic heterocycles. The third kappa shape index (κ3) is 3.95. The molecule has 0 spiro atoms. The molecular formula is C16H18ClFN2. The number of hydrogen-bond acceptors (Lipinski definition) is 2. The Labute approximate surface area is 124 Å². The minimum atomic E-state index is -0.283. The van der Waals surface area contributed by atoms with E-state index in [0.717, 1.165) is 12.2 Å². The normalized spacial score (nSPS) is 10.8. The summed E-state index contributed by atoms with van der Waals surface area (Å²) in [5.74, 6) is -0.283. The highest BCUT2D eigenvalue weighted by atomic mass is 35.5. The summed E-state index contributed by atoms with van der Waals surface area (Å²) in [4.78, 5) is 2.10. The third-order valence-electron chi connectivity index (χ3n) is 2.96. The van der Waals surface area contributed by atoms with E-state index in [1.54, 1.807) is 12.1 Å². The lowest BCUT2D eigenvalue weighted by Crippen LogP contribution is -2.11. The number of hydrogen-bond donors (Lipinski definition) is 1. The lowest BCUT2D eigenvalue weighted by molar-refractivity contribution is 0.402. The first kappa shape index (κ1) is 14.8.